The number of hydrogen-bond donors (Lipinski definition) is 1. The highest BCUT2D eigenvalue weighted by Gasteiger charge is 2.05. The molecule has 0 aliphatic rings. The van der Waals surface area contributed by atoms with E-state index in [9.17, 15) is 4.79 Å². The van der Waals surface area contributed by atoms with E-state index in [1.165, 1.54) is 0 Å². The van der Waals surface area contributed by atoms with Crippen molar-refractivity contribution in [2.45, 2.75) is 6.54 Å². The van der Waals surface area contributed by atoms with Gasteiger partial charge in [-0.3, -0.25) is 9.48 Å². The fourth-order valence-electron chi connectivity index (χ4n) is 1.98. The first kappa shape index (κ1) is 14.2. The second-order valence-corrected chi connectivity index (χ2v) is 5.60. The molecule has 2 aromatic heterocycles. The van der Waals surface area contributed by atoms with E-state index in [1.807, 2.05) is 52.7 Å². The lowest BCUT2D eigenvalue weighted by molar-refractivity contribution is 0.0955. The maximum atomic E-state index is 12.1. The highest BCUT2D eigenvalue weighted by Crippen LogP contribution is 2.07. The van der Waals surface area contributed by atoms with Gasteiger partial charge in [0.15, 0.2) is 0 Å². The molecule has 0 aliphatic heterocycles. The molecule has 0 unspecified atom stereocenters. The molecule has 3 rings (SSSR count). The van der Waals surface area contributed by atoms with Crippen LogP contribution in [0.2, 0.25) is 0 Å². The van der Waals surface area contributed by atoms with Gasteiger partial charge in [0.2, 0.25) is 0 Å². The maximum absolute atomic E-state index is 12.1. The predicted molar refractivity (Wildman–Crippen MR) is 87.2 cm³/mol. The first-order valence-corrected chi connectivity index (χ1v) is 7.62. The summed E-state index contributed by atoms with van der Waals surface area (Å²) < 4.78 is 1.81. The van der Waals surface area contributed by atoms with Crippen LogP contribution in [0.4, 0.5) is 0 Å². The second-order valence-electron chi connectivity index (χ2n) is 4.62. The molecule has 0 bridgehead atoms. The fraction of sp³-hybridized carbons (Fsp3) is 0.0625. The van der Waals surface area contributed by atoms with Gasteiger partial charge >= 0.3 is 0 Å². The SMILES string of the molecule is O=C(N/N=C\c1cccs1)c1cccc(Cn2cccn2)c1. The smallest absolute Gasteiger partial charge is 0.268 e. The molecular formula is C16H14N4OS. The van der Waals surface area contributed by atoms with Crippen LogP contribution in [0.15, 0.2) is 65.3 Å². The molecule has 0 spiro atoms. The normalized spacial score (nSPS) is 10.9. The molecule has 5 nitrogen and oxygen atoms in total. The van der Waals surface area contributed by atoms with Crippen LogP contribution in [0.1, 0.15) is 20.8 Å². The Labute approximate surface area is 131 Å². The van der Waals surface area contributed by atoms with E-state index in [4.69, 9.17) is 0 Å². The van der Waals surface area contributed by atoms with Crippen LogP contribution in [0.3, 0.4) is 0 Å². The van der Waals surface area contributed by atoms with Crippen LogP contribution in [0.25, 0.3) is 0 Å². The number of rotatable bonds is 5. The van der Waals surface area contributed by atoms with E-state index in [0.717, 1.165) is 10.4 Å². The quantitative estimate of drug-likeness (QED) is 0.582. The summed E-state index contributed by atoms with van der Waals surface area (Å²) in [4.78, 5) is 13.1. The summed E-state index contributed by atoms with van der Waals surface area (Å²) in [5.74, 6) is -0.227. The molecule has 1 amide bonds. The average Bonchev–Trinajstić information content (AvgIpc) is 3.21. The Hall–Kier alpha value is -2.73. The number of carbonyl (C=O) groups is 1. The number of carbonyl (C=O) groups excluding carboxylic acids is 1. The van der Waals surface area contributed by atoms with Gasteiger partial charge in [0.05, 0.1) is 12.8 Å². The minimum Gasteiger partial charge on any atom is -0.268 e. The Balaban J connectivity index is 1.65. The standard InChI is InChI=1S/C16H14N4OS/c21-16(19-17-11-15-6-2-9-22-15)14-5-1-4-13(10-14)12-20-8-3-7-18-20/h1-11H,12H2,(H,19,21)/b17-11-. The van der Waals surface area contributed by atoms with Crippen molar-refractivity contribution in [1.82, 2.24) is 15.2 Å². The largest absolute Gasteiger partial charge is 0.271 e. The summed E-state index contributed by atoms with van der Waals surface area (Å²) >= 11 is 1.56. The molecular weight excluding hydrogens is 296 g/mol. The third-order valence-corrected chi connectivity index (χ3v) is 3.80. The summed E-state index contributed by atoms with van der Waals surface area (Å²) in [6.45, 7) is 0.632. The summed E-state index contributed by atoms with van der Waals surface area (Å²) in [7, 11) is 0. The zero-order valence-electron chi connectivity index (χ0n) is 11.7. The lowest BCUT2D eigenvalue weighted by Crippen LogP contribution is -2.17. The summed E-state index contributed by atoms with van der Waals surface area (Å²) in [6, 6.07) is 13.2. The van der Waals surface area contributed by atoms with E-state index >= 15 is 0 Å². The zero-order chi connectivity index (χ0) is 15.2. The molecule has 22 heavy (non-hydrogen) atoms. The van der Waals surface area contributed by atoms with E-state index in [1.54, 1.807) is 29.8 Å². The number of hydrazone groups is 1. The van der Waals surface area contributed by atoms with Crippen molar-refractivity contribution >= 4 is 23.5 Å². The number of aromatic nitrogens is 2. The monoisotopic (exact) mass is 310 g/mol. The molecule has 0 saturated carbocycles. The molecule has 0 radical (unpaired) electrons. The van der Waals surface area contributed by atoms with Gasteiger partial charge < -0.3 is 0 Å². The molecule has 6 heteroatoms. The van der Waals surface area contributed by atoms with E-state index in [2.05, 4.69) is 15.6 Å². The van der Waals surface area contributed by atoms with Crippen molar-refractivity contribution in [2.24, 2.45) is 5.10 Å². The molecule has 110 valence electrons. The van der Waals surface area contributed by atoms with Crippen molar-refractivity contribution in [3.8, 4) is 0 Å². The van der Waals surface area contributed by atoms with Crippen LogP contribution in [-0.4, -0.2) is 21.9 Å². The maximum Gasteiger partial charge on any atom is 0.271 e. The van der Waals surface area contributed by atoms with E-state index in [0.29, 0.717) is 12.1 Å². The zero-order valence-corrected chi connectivity index (χ0v) is 12.5. The number of benzene rings is 1. The van der Waals surface area contributed by atoms with E-state index in [-0.39, 0.29) is 5.91 Å². The summed E-state index contributed by atoms with van der Waals surface area (Å²) in [5, 5.41) is 10.1. The number of nitrogens with zero attached hydrogens (tertiary/aromatic N) is 3. The van der Waals surface area contributed by atoms with Gasteiger partial charge in [-0.1, -0.05) is 18.2 Å². The number of hydrogen-bond acceptors (Lipinski definition) is 4. The van der Waals surface area contributed by atoms with Crippen LogP contribution >= 0.6 is 11.3 Å². The molecule has 1 N–H and O–H groups in total. The Morgan fingerprint density at radius 1 is 1.32 bits per heavy atom. The lowest BCUT2D eigenvalue weighted by Gasteiger charge is -2.04. The van der Waals surface area contributed by atoms with Crippen molar-refractivity contribution in [3.05, 3.63) is 76.2 Å². The van der Waals surface area contributed by atoms with Gasteiger partial charge in [0.1, 0.15) is 0 Å². The van der Waals surface area contributed by atoms with Gasteiger partial charge in [-0.25, -0.2) is 5.43 Å². The van der Waals surface area contributed by atoms with Crippen LogP contribution in [0, 0.1) is 0 Å². The molecule has 3 aromatic rings. The minimum absolute atomic E-state index is 0.227. The third-order valence-electron chi connectivity index (χ3n) is 2.99. The summed E-state index contributed by atoms with van der Waals surface area (Å²) in [5.41, 5.74) is 4.13. The Morgan fingerprint density at radius 3 is 3.05 bits per heavy atom. The fourth-order valence-corrected chi connectivity index (χ4v) is 2.56. The van der Waals surface area contributed by atoms with Crippen molar-refractivity contribution in [3.63, 3.8) is 0 Å². The molecule has 0 aliphatic carbocycles. The van der Waals surface area contributed by atoms with Gasteiger partial charge in [-0.05, 0) is 35.2 Å². The Bertz CT molecular complexity index is 763. The minimum atomic E-state index is -0.227. The van der Waals surface area contributed by atoms with Crippen LogP contribution < -0.4 is 5.43 Å². The molecule has 2 heterocycles. The lowest BCUT2D eigenvalue weighted by atomic mass is 10.1. The van der Waals surface area contributed by atoms with Gasteiger partial charge in [0, 0.05) is 22.8 Å². The highest BCUT2D eigenvalue weighted by atomic mass is 32.1. The van der Waals surface area contributed by atoms with Gasteiger partial charge in [0.25, 0.3) is 5.91 Å². The van der Waals surface area contributed by atoms with E-state index < -0.39 is 0 Å². The van der Waals surface area contributed by atoms with Gasteiger partial charge in [-0.15, -0.1) is 11.3 Å². The number of amides is 1. The van der Waals surface area contributed by atoms with Crippen LogP contribution in [0.5, 0.6) is 0 Å². The first-order valence-electron chi connectivity index (χ1n) is 6.74. The van der Waals surface area contributed by atoms with Crippen molar-refractivity contribution in [1.29, 1.82) is 0 Å². The second kappa shape index (κ2) is 6.82. The topological polar surface area (TPSA) is 59.3 Å². The average molecular weight is 310 g/mol. The van der Waals surface area contributed by atoms with Crippen molar-refractivity contribution < 1.29 is 4.79 Å². The molecule has 1 aromatic carbocycles. The van der Waals surface area contributed by atoms with Crippen LogP contribution in [-0.2, 0) is 6.54 Å². The van der Waals surface area contributed by atoms with Gasteiger partial charge in [-0.2, -0.15) is 10.2 Å². The third kappa shape index (κ3) is 3.67. The Morgan fingerprint density at radius 2 is 2.27 bits per heavy atom. The molecule has 0 saturated heterocycles. The number of nitrogens with one attached hydrogen (secondary N) is 1. The molecule has 0 atom stereocenters. The van der Waals surface area contributed by atoms with Crippen molar-refractivity contribution in [2.75, 3.05) is 0 Å². The Kier molecular flexibility index (Phi) is 4.41. The highest BCUT2D eigenvalue weighted by molar-refractivity contribution is 7.11. The predicted octanol–water partition coefficient (Wildman–Crippen LogP) is 2.76. The number of thiophene rings is 1. The first-order chi connectivity index (χ1) is 10.8. The molecule has 0 fully saturated rings. The summed E-state index contributed by atoms with van der Waals surface area (Å²) in [6.07, 6.45) is 5.25.